The normalized spacial score (nSPS) is 17.4. The number of rotatable bonds is 10. The first-order valence-corrected chi connectivity index (χ1v) is 14.7. The summed E-state index contributed by atoms with van der Waals surface area (Å²) in [6, 6.07) is 11.1. The van der Waals surface area contributed by atoms with Crippen LogP contribution in [0.1, 0.15) is 25.7 Å². The van der Waals surface area contributed by atoms with Crippen LogP contribution in [0.3, 0.4) is 0 Å². The molecule has 0 spiro atoms. The van der Waals surface area contributed by atoms with Gasteiger partial charge in [-0.25, -0.2) is 8.42 Å². The third-order valence-corrected chi connectivity index (χ3v) is 9.11. The maximum absolute atomic E-state index is 13.5. The molecule has 1 heterocycles. The summed E-state index contributed by atoms with van der Waals surface area (Å²) < 4.78 is 28.3. The predicted octanol–water partition coefficient (Wildman–Crippen LogP) is 6.70. The van der Waals surface area contributed by atoms with Gasteiger partial charge in [0.2, 0.25) is 0 Å². The molecule has 9 heteroatoms. The first kappa shape index (κ1) is 26.0. The Morgan fingerprint density at radius 1 is 1.06 bits per heavy atom. The van der Waals surface area contributed by atoms with Crippen molar-refractivity contribution in [2.75, 3.05) is 42.5 Å². The standard InChI is InChI=1S/C23H29Cl3N2O2S2/c1-31-17-18-5-4-13-27(16-18)12-2-3-14-28(23-15-20(25)8-11-22(23)26)32(29,30)21-9-6-19(24)7-10-21/h6-11,15,18H,2-5,12-14,16-17H2,1H3. The number of piperidine rings is 1. The van der Waals surface area contributed by atoms with E-state index in [-0.39, 0.29) is 4.90 Å². The largest absolute Gasteiger partial charge is 0.303 e. The average molecular weight is 536 g/mol. The third kappa shape index (κ3) is 6.94. The molecule has 32 heavy (non-hydrogen) atoms. The van der Waals surface area contributed by atoms with Crippen LogP contribution in [0.15, 0.2) is 47.4 Å². The lowest BCUT2D eigenvalue weighted by Gasteiger charge is -2.32. The zero-order chi connectivity index (χ0) is 23.1. The number of halogens is 3. The van der Waals surface area contributed by atoms with Gasteiger partial charge in [-0.3, -0.25) is 4.31 Å². The summed E-state index contributed by atoms with van der Waals surface area (Å²) in [6.45, 7) is 3.56. The maximum Gasteiger partial charge on any atom is 0.264 e. The first-order chi connectivity index (χ1) is 15.3. The van der Waals surface area contributed by atoms with Crippen molar-refractivity contribution < 1.29 is 8.42 Å². The van der Waals surface area contributed by atoms with Crippen LogP contribution in [-0.2, 0) is 10.0 Å². The summed E-state index contributed by atoms with van der Waals surface area (Å²) in [5.41, 5.74) is 0.395. The quantitative estimate of drug-likeness (QED) is 0.318. The van der Waals surface area contributed by atoms with E-state index in [2.05, 4.69) is 11.2 Å². The molecule has 0 aromatic heterocycles. The first-order valence-electron chi connectivity index (χ1n) is 10.8. The Labute approximate surface area is 211 Å². The minimum absolute atomic E-state index is 0.175. The Bertz CT molecular complexity index is 985. The molecule has 2 aromatic rings. The summed E-state index contributed by atoms with van der Waals surface area (Å²) in [4.78, 5) is 2.68. The Hall–Kier alpha value is -0.630. The van der Waals surface area contributed by atoms with Crippen molar-refractivity contribution in [3.8, 4) is 0 Å². The molecule has 0 bridgehead atoms. The molecule has 1 fully saturated rings. The molecular weight excluding hydrogens is 507 g/mol. The van der Waals surface area contributed by atoms with Crippen LogP contribution in [-0.4, -0.2) is 51.5 Å². The van der Waals surface area contributed by atoms with Crippen molar-refractivity contribution in [2.45, 2.75) is 30.6 Å². The Morgan fingerprint density at radius 2 is 1.78 bits per heavy atom. The number of nitrogens with zero attached hydrogens (tertiary/aromatic N) is 2. The number of hydrogen-bond donors (Lipinski definition) is 0. The summed E-state index contributed by atoms with van der Waals surface area (Å²) in [7, 11) is -3.82. The molecule has 4 nitrogen and oxygen atoms in total. The number of benzene rings is 2. The molecule has 0 aliphatic carbocycles. The van der Waals surface area contributed by atoms with Gasteiger partial charge < -0.3 is 4.90 Å². The molecule has 1 saturated heterocycles. The number of anilines is 1. The fourth-order valence-electron chi connectivity index (χ4n) is 4.10. The third-order valence-electron chi connectivity index (χ3n) is 5.67. The molecule has 176 valence electrons. The maximum atomic E-state index is 13.5. The number of sulfonamides is 1. The summed E-state index contributed by atoms with van der Waals surface area (Å²) in [5, 5.41) is 1.27. The fourth-order valence-corrected chi connectivity index (χ4v) is 6.92. The SMILES string of the molecule is CSCC1CCCN(CCCCN(c2cc(Cl)ccc2Cl)S(=O)(=O)c2ccc(Cl)cc2)C1. The second-order valence-electron chi connectivity index (χ2n) is 8.10. The number of likely N-dealkylation sites (tertiary alicyclic amines) is 1. The monoisotopic (exact) mass is 534 g/mol. The summed E-state index contributed by atoms with van der Waals surface area (Å²) in [6.07, 6.45) is 6.34. The molecule has 0 saturated carbocycles. The predicted molar refractivity (Wildman–Crippen MR) is 139 cm³/mol. The highest BCUT2D eigenvalue weighted by Crippen LogP contribution is 2.33. The van der Waals surface area contributed by atoms with Crippen molar-refractivity contribution in [2.24, 2.45) is 5.92 Å². The molecular formula is C23H29Cl3N2O2S2. The molecule has 0 N–H and O–H groups in total. The summed E-state index contributed by atoms with van der Waals surface area (Å²) >= 11 is 20.4. The highest BCUT2D eigenvalue weighted by atomic mass is 35.5. The number of unbranched alkanes of at least 4 members (excludes halogenated alkanes) is 1. The molecule has 1 aliphatic rings. The molecule has 2 aromatic carbocycles. The van der Waals surface area contributed by atoms with Crippen molar-refractivity contribution in [1.29, 1.82) is 0 Å². The van der Waals surface area contributed by atoms with Gasteiger partial charge in [0.1, 0.15) is 0 Å². The Balaban J connectivity index is 1.72. The smallest absolute Gasteiger partial charge is 0.264 e. The van der Waals surface area contributed by atoms with Crippen LogP contribution in [0, 0.1) is 5.92 Å². The minimum Gasteiger partial charge on any atom is -0.303 e. The van der Waals surface area contributed by atoms with E-state index in [0.717, 1.165) is 38.4 Å². The van der Waals surface area contributed by atoms with E-state index in [1.54, 1.807) is 30.3 Å². The van der Waals surface area contributed by atoms with E-state index in [1.807, 2.05) is 11.8 Å². The lowest BCUT2D eigenvalue weighted by atomic mass is 10.00. The van der Waals surface area contributed by atoms with E-state index in [0.29, 0.717) is 27.3 Å². The number of thioether (sulfide) groups is 1. The highest BCUT2D eigenvalue weighted by Gasteiger charge is 2.27. The molecule has 0 amide bonds. The Kier molecular flexibility index (Phi) is 9.89. The van der Waals surface area contributed by atoms with Crippen LogP contribution >= 0.6 is 46.6 Å². The van der Waals surface area contributed by atoms with Crippen LogP contribution in [0.25, 0.3) is 0 Å². The van der Waals surface area contributed by atoms with Gasteiger partial charge >= 0.3 is 0 Å². The van der Waals surface area contributed by atoms with Crippen LogP contribution in [0.4, 0.5) is 5.69 Å². The van der Waals surface area contributed by atoms with Crippen molar-refractivity contribution in [3.63, 3.8) is 0 Å². The van der Waals surface area contributed by atoms with E-state index < -0.39 is 10.0 Å². The highest BCUT2D eigenvalue weighted by molar-refractivity contribution is 7.98. The van der Waals surface area contributed by atoms with E-state index in [9.17, 15) is 8.42 Å². The minimum atomic E-state index is -3.82. The van der Waals surface area contributed by atoms with Crippen molar-refractivity contribution in [1.82, 2.24) is 4.90 Å². The summed E-state index contributed by atoms with van der Waals surface area (Å²) in [5.74, 6) is 1.96. The van der Waals surface area contributed by atoms with Gasteiger partial charge in [-0.2, -0.15) is 11.8 Å². The molecule has 1 unspecified atom stereocenters. The van der Waals surface area contributed by atoms with Crippen LogP contribution in [0.2, 0.25) is 15.1 Å². The van der Waals surface area contributed by atoms with Gasteiger partial charge in [-0.05, 0) is 99.2 Å². The van der Waals surface area contributed by atoms with Crippen molar-refractivity contribution in [3.05, 3.63) is 57.5 Å². The fraction of sp³-hybridized carbons (Fsp3) is 0.478. The van der Waals surface area contributed by atoms with E-state index in [4.69, 9.17) is 34.8 Å². The second kappa shape index (κ2) is 12.2. The average Bonchev–Trinajstić information content (AvgIpc) is 2.76. The topological polar surface area (TPSA) is 40.6 Å². The molecule has 0 radical (unpaired) electrons. The van der Waals surface area contributed by atoms with Gasteiger partial charge in [0.15, 0.2) is 0 Å². The number of hydrogen-bond acceptors (Lipinski definition) is 4. The van der Waals surface area contributed by atoms with Gasteiger partial charge in [0.25, 0.3) is 10.0 Å². The van der Waals surface area contributed by atoms with Gasteiger partial charge in [0, 0.05) is 23.1 Å². The lowest BCUT2D eigenvalue weighted by molar-refractivity contribution is 0.183. The second-order valence-corrected chi connectivity index (χ2v) is 12.2. The van der Waals surface area contributed by atoms with Crippen LogP contribution < -0.4 is 4.31 Å². The van der Waals surface area contributed by atoms with Gasteiger partial charge in [0.05, 0.1) is 15.6 Å². The van der Waals surface area contributed by atoms with Crippen molar-refractivity contribution >= 4 is 62.3 Å². The molecule has 1 aliphatic heterocycles. The van der Waals surface area contributed by atoms with E-state index >= 15 is 0 Å². The zero-order valence-corrected chi connectivity index (χ0v) is 22.0. The molecule has 1 atom stereocenters. The molecule has 3 rings (SSSR count). The van der Waals surface area contributed by atoms with E-state index in [1.165, 1.54) is 35.0 Å². The van der Waals surface area contributed by atoms with Gasteiger partial charge in [-0.1, -0.05) is 34.8 Å². The van der Waals surface area contributed by atoms with Crippen LogP contribution in [0.5, 0.6) is 0 Å². The van der Waals surface area contributed by atoms with Gasteiger partial charge in [-0.15, -0.1) is 0 Å². The zero-order valence-electron chi connectivity index (χ0n) is 18.1. The lowest BCUT2D eigenvalue weighted by Crippen LogP contribution is -2.37. The Morgan fingerprint density at radius 3 is 2.50 bits per heavy atom.